The lowest BCUT2D eigenvalue weighted by Crippen LogP contribution is -2.30. The molecule has 0 aliphatic carbocycles. The molecule has 0 aromatic carbocycles. The van der Waals surface area contributed by atoms with E-state index in [4.69, 9.17) is 4.74 Å². The molecular weight excluding hydrogens is 206 g/mol. The van der Waals surface area contributed by atoms with Gasteiger partial charge in [-0.05, 0) is 0 Å². The normalized spacial score (nSPS) is 10.6. The summed E-state index contributed by atoms with van der Waals surface area (Å²) in [7, 11) is 1.68. The van der Waals surface area contributed by atoms with Crippen LogP contribution in [0.1, 0.15) is 5.56 Å². The van der Waals surface area contributed by atoms with Gasteiger partial charge in [-0.25, -0.2) is 0 Å². The van der Waals surface area contributed by atoms with Crippen molar-refractivity contribution in [1.29, 1.82) is 0 Å². The molecule has 0 saturated carbocycles. The number of ether oxygens (including phenoxy) is 1. The highest BCUT2D eigenvalue weighted by atomic mass is 16.5. The van der Waals surface area contributed by atoms with Gasteiger partial charge in [0.05, 0.1) is 6.61 Å². The Balaban J connectivity index is 2.08. The number of hydrogen-bond acceptors (Lipinski definition) is 4. The van der Waals surface area contributed by atoms with Crippen molar-refractivity contribution in [3.8, 4) is 0 Å². The van der Waals surface area contributed by atoms with Crippen molar-refractivity contribution in [2.45, 2.75) is 6.54 Å². The number of H-pyrrole nitrogens is 1. The van der Waals surface area contributed by atoms with E-state index in [1.807, 2.05) is 0 Å². The Hall–Kier alpha value is -1.17. The molecule has 1 heterocycles. The maximum Gasteiger partial charge on any atom is 0.186 e. The van der Waals surface area contributed by atoms with Crippen molar-refractivity contribution in [2.24, 2.45) is 0 Å². The summed E-state index contributed by atoms with van der Waals surface area (Å²) in [6.45, 7) is 3.87. The average Bonchev–Trinajstić information content (AvgIpc) is 2.30. The molecule has 5 heteroatoms. The molecule has 0 spiro atoms. The Labute approximate surface area is 95.2 Å². The molecule has 0 bridgehead atoms. The molecule has 0 amide bonds. The molecule has 0 saturated heterocycles. The lowest BCUT2D eigenvalue weighted by Gasteiger charge is -2.05. The van der Waals surface area contributed by atoms with Gasteiger partial charge < -0.3 is 20.4 Å². The van der Waals surface area contributed by atoms with Gasteiger partial charge in [0.1, 0.15) is 0 Å². The van der Waals surface area contributed by atoms with Crippen LogP contribution in [0.2, 0.25) is 0 Å². The molecule has 0 atom stereocenters. The summed E-state index contributed by atoms with van der Waals surface area (Å²) >= 11 is 0. The maximum absolute atomic E-state index is 11.3. The fraction of sp³-hybridized carbons (Fsp3) is 0.545. The topological polar surface area (TPSA) is 66.2 Å². The highest BCUT2D eigenvalue weighted by Gasteiger charge is 1.96. The second-order valence-corrected chi connectivity index (χ2v) is 3.45. The minimum absolute atomic E-state index is 0.0681. The standard InChI is InChI=1S/C11H19N3O2/c1-16-7-6-12-4-5-14-9-10-8-13-3-2-11(10)15/h2-3,8,12,14H,4-7,9H2,1H3,(H,13,15). The number of hydrogen-bond donors (Lipinski definition) is 3. The summed E-state index contributed by atoms with van der Waals surface area (Å²) in [4.78, 5) is 14.2. The van der Waals surface area contributed by atoms with Gasteiger partial charge in [-0.2, -0.15) is 0 Å². The predicted octanol–water partition coefficient (Wildman–Crippen LogP) is -0.299. The van der Waals surface area contributed by atoms with Crippen molar-refractivity contribution < 1.29 is 4.74 Å². The molecule has 1 aromatic rings. The van der Waals surface area contributed by atoms with E-state index in [1.54, 1.807) is 19.5 Å². The fourth-order valence-electron chi connectivity index (χ4n) is 1.29. The lowest BCUT2D eigenvalue weighted by atomic mass is 10.3. The van der Waals surface area contributed by atoms with Crippen molar-refractivity contribution in [3.05, 3.63) is 34.2 Å². The van der Waals surface area contributed by atoms with Crippen molar-refractivity contribution in [2.75, 3.05) is 33.4 Å². The van der Waals surface area contributed by atoms with Crippen LogP contribution in [-0.4, -0.2) is 38.3 Å². The zero-order valence-corrected chi connectivity index (χ0v) is 9.58. The quantitative estimate of drug-likeness (QED) is 0.531. The van der Waals surface area contributed by atoms with Crippen LogP contribution in [0.3, 0.4) is 0 Å². The van der Waals surface area contributed by atoms with Crippen LogP contribution in [-0.2, 0) is 11.3 Å². The van der Waals surface area contributed by atoms with Crippen LogP contribution in [0.25, 0.3) is 0 Å². The van der Waals surface area contributed by atoms with Gasteiger partial charge in [-0.15, -0.1) is 0 Å². The minimum Gasteiger partial charge on any atom is -0.383 e. The Bertz CT molecular complexity index is 338. The highest BCUT2D eigenvalue weighted by molar-refractivity contribution is 5.08. The molecule has 0 unspecified atom stereocenters. The third kappa shape index (κ3) is 5.06. The van der Waals surface area contributed by atoms with Crippen LogP contribution < -0.4 is 16.1 Å². The summed E-state index contributed by atoms with van der Waals surface area (Å²) < 4.78 is 4.91. The van der Waals surface area contributed by atoms with Gasteiger partial charge in [0.25, 0.3) is 0 Å². The molecule has 16 heavy (non-hydrogen) atoms. The maximum atomic E-state index is 11.3. The molecule has 1 aromatic heterocycles. The summed E-state index contributed by atoms with van der Waals surface area (Å²) in [5, 5.41) is 6.41. The molecule has 3 N–H and O–H groups in total. The van der Waals surface area contributed by atoms with Crippen LogP contribution in [0, 0.1) is 0 Å². The Morgan fingerprint density at radius 2 is 2.12 bits per heavy atom. The largest absolute Gasteiger partial charge is 0.383 e. The van der Waals surface area contributed by atoms with Crippen molar-refractivity contribution >= 4 is 0 Å². The predicted molar refractivity (Wildman–Crippen MR) is 63.5 cm³/mol. The molecule has 0 aliphatic heterocycles. The molecule has 0 radical (unpaired) electrons. The van der Waals surface area contributed by atoms with E-state index in [9.17, 15) is 4.79 Å². The Morgan fingerprint density at radius 1 is 1.31 bits per heavy atom. The van der Waals surface area contributed by atoms with E-state index >= 15 is 0 Å². The zero-order valence-electron chi connectivity index (χ0n) is 9.58. The Morgan fingerprint density at radius 3 is 2.88 bits per heavy atom. The molecule has 1 rings (SSSR count). The van der Waals surface area contributed by atoms with Gasteiger partial charge in [0.2, 0.25) is 0 Å². The summed E-state index contributed by atoms with van der Waals surface area (Å²) in [5.74, 6) is 0. The van der Waals surface area contributed by atoms with E-state index in [0.29, 0.717) is 6.54 Å². The molecule has 0 aliphatic rings. The minimum atomic E-state index is 0.0681. The number of pyridine rings is 1. The van der Waals surface area contributed by atoms with E-state index in [2.05, 4.69) is 15.6 Å². The number of aromatic amines is 1. The van der Waals surface area contributed by atoms with Crippen LogP contribution in [0.5, 0.6) is 0 Å². The van der Waals surface area contributed by atoms with Crippen LogP contribution >= 0.6 is 0 Å². The SMILES string of the molecule is COCCNCCNCc1c[nH]ccc1=O. The first kappa shape index (κ1) is 12.9. The van der Waals surface area contributed by atoms with E-state index < -0.39 is 0 Å². The van der Waals surface area contributed by atoms with Gasteiger partial charge >= 0.3 is 0 Å². The fourth-order valence-corrected chi connectivity index (χ4v) is 1.29. The number of rotatable bonds is 8. The zero-order chi connectivity index (χ0) is 11.6. The van der Waals surface area contributed by atoms with Gasteiger partial charge in [0.15, 0.2) is 5.43 Å². The summed E-state index contributed by atoms with van der Waals surface area (Å²) in [6.07, 6.45) is 3.37. The highest BCUT2D eigenvalue weighted by Crippen LogP contribution is 1.85. The Kier molecular flexibility index (Phi) is 6.48. The molecule has 90 valence electrons. The second-order valence-electron chi connectivity index (χ2n) is 3.45. The van der Waals surface area contributed by atoms with Crippen molar-refractivity contribution in [1.82, 2.24) is 15.6 Å². The van der Waals surface area contributed by atoms with Crippen LogP contribution in [0.15, 0.2) is 23.3 Å². The first-order valence-corrected chi connectivity index (χ1v) is 5.41. The number of methoxy groups -OCH3 is 1. The average molecular weight is 225 g/mol. The number of aromatic nitrogens is 1. The summed E-state index contributed by atoms with van der Waals surface area (Å²) in [5.41, 5.74) is 0.831. The van der Waals surface area contributed by atoms with E-state index in [1.165, 1.54) is 6.07 Å². The van der Waals surface area contributed by atoms with Gasteiger partial charge in [-0.1, -0.05) is 0 Å². The molecular formula is C11H19N3O2. The molecule has 0 fully saturated rings. The third-order valence-corrected chi connectivity index (χ3v) is 2.18. The van der Waals surface area contributed by atoms with Crippen molar-refractivity contribution in [3.63, 3.8) is 0 Å². The second kappa shape index (κ2) is 8.04. The first-order chi connectivity index (χ1) is 7.84. The first-order valence-electron chi connectivity index (χ1n) is 5.41. The van der Waals surface area contributed by atoms with Gasteiger partial charge in [0, 0.05) is 57.3 Å². The monoisotopic (exact) mass is 225 g/mol. The van der Waals surface area contributed by atoms with E-state index in [-0.39, 0.29) is 5.43 Å². The molecule has 5 nitrogen and oxygen atoms in total. The number of nitrogens with one attached hydrogen (secondary N) is 3. The third-order valence-electron chi connectivity index (χ3n) is 2.18. The smallest absolute Gasteiger partial charge is 0.186 e. The van der Waals surface area contributed by atoms with Gasteiger partial charge in [-0.3, -0.25) is 4.79 Å². The summed E-state index contributed by atoms with van der Waals surface area (Å²) in [6, 6.07) is 1.54. The lowest BCUT2D eigenvalue weighted by molar-refractivity contribution is 0.199. The van der Waals surface area contributed by atoms with E-state index in [0.717, 1.165) is 31.8 Å². The van der Waals surface area contributed by atoms with Crippen LogP contribution in [0.4, 0.5) is 0 Å².